The van der Waals surface area contributed by atoms with Gasteiger partial charge in [0, 0.05) is 5.41 Å². The van der Waals surface area contributed by atoms with Gasteiger partial charge in [-0.2, -0.15) is 0 Å². The van der Waals surface area contributed by atoms with Crippen molar-refractivity contribution < 1.29 is 66.7 Å². The summed E-state index contributed by atoms with van der Waals surface area (Å²) < 4.78 is 41.0. The lowest BCUT2D eigenvalue weighted by molar-refractivity contribution is -0.187. The van der Waals surface area contributed by atoms with Crippen LogP contribution in [0.2, 0.25) is 0 Å². The third-order valence-corrected chi connectivity index (χ3v) is 33.1. The van der Waals surface area contributed by atoms with Crippen LogP contribution in [0.15, 0.2) is 0 Å². The Labute approximate surface area is 829 Å². The fourth-order valence-corrected chi connectivity index (χ4v) is 18.9. The summed E-state index contributed by atoms with van der Waals surface area (Å²) in [6.45, 7) is 95.9. The third-order valence-electron chi connectivity index (χ3n) is 33.1. The SMILES string of the molecule is CC.CC.CC.CC.CC.CC.CC.CCC(C)(C)C(=O)OC(C)(C)C1CCCC1.CCC(C)(C)C(=O)OC(C)(C)C1CCCCC1.CCC(C)(C)C(=O)OC(C)(C1CCCCC1)C1CCCCC1.CCC(C)(C)C(=O)OC1(C)CC2CCC1(C)C2(C)C.CCC(C)(C)C(=O)OC1(C)CCCC1.CCC(C)(C)C(=O)OC1(C)CCCCC1.CCC(C)(C)C(=O)OC1(C)CCCCCC1. The molecule has 0 heterocycles. The molecular formula is C119H234O14. The molecule has 2 bridgehead atoms. The van der Waals surface area contributed by atoms with E-state index in [0.717, 1.165) is 89.9 Å². The number of carbonyl (C=O) groups is 7. The molecule has 0 spiro atoms. The van der Waals surface area contributed by atoms with Crippen LogP contribution >= 0.6 is 0 Å². The van der Waals surface area contributed by atoms with Gasteiger partial charge in [-0.25, -0.2) is 0 Å². The predicted octanol–water partition coefficient (Wildman–Crippen LogP) is 37.0. The van der Waals surface area contributed by atoms with E-state index in [1.807, 2.05) is 228 Å². The lowest BCUT2D eigenvalue weighted by Gasteiger charge is -2.47. The molecule has 3 atom stereocenters. The first-order valence-electron chi connectivity index (χ1n) is 56.3. The van der Waals surface area contributed by atoms with E-state index in [9.17, 15) is 33.6 Å². The first-order chi connectivity index (χ1) is 61.7. The second kappa shape index (κ2) is 64.7. The topological polar surface area (TPSA) is 184 Å². The molecule has 0 aromatic carbocycles. The van der Waals surface area contributed by atoms with Crippen molar-refractivity contribution in [2.24, 2.45) is 78.3 Å². The number of esters is 7. The van der Waals surface area contributed by atoms with E-state index in [4.69, 9.17) is 33.2 Å². The fourth-order valence-electron chi connectivity index (χ4n) is 18.9. The average Bonchev–Trinajstić information content (AvgIpc) is 1.53. The Bertz CT molecular complexity index is 3030. The van der Waals surface area contributed by atoms with Gasteiger partial charge in [-0.3, -0.25) is 33.6 Å². The molecule has 9 aliphatic carbocycles. The van der Waals surface area contributed by atoms with Crippen LogP contribution in [0.4, 0.5) is 0 Å². The highest BCUT2D eigenvalue weighted by molar-refractivity contribution is 5.79. The maximum Gasteiger partial charge on any atom is 0.312 e. The highest BCUT2D eigenvalue weighted by Gasteiger charge is 2.69. The van der Waals surface area contributed by atoms with Crippen LogP contribution < -0.4 is 0 Å². The molecule has 0 aromatic heterocycles. The first kappa shape index (κ1) is 138. The number of fused-ring (bicyclic) bond motifs is 2. The van der Waals surface area contributed by atoms with Gasteiger partial charge in [0.1, 0.15) is 39.2 Å². The minimum absolute atomic E-state index is 0.0219. The largest absolute Gasteiger partial charge is 0.459 e. The summed E-state index contributed by atoms with van der Waals surface area (Å²) in [5, 5.41) is 0. The summed E-state index contributed by atoms with van der Waals surface area (Å²) in [6.07, 6.45) is 50.6. The number of carbonyl (C=O) groups excluding carboxylic acids is 7. The van der Waals surface area contributed by atoms with E-state index in [-0.39, 0.29) is 130 Å². The summed E-state index contributed by atoms with van der Waals surface area (Å²) in [5.74, 6) is 2.72. The van der Waals surface area contributed by atoms with E-state index in [0.29, 0.717) is 29.6 Å². The average molecular weight is 1890 g/mol. The van der Waals surface area contributed by atoms with Crippen molar-refractivity contribution in [2.75, 3.05) is 0 Å². The van der Waals surface area contributed by atoms with Crippen LogP contribution in [-0.2, 0) is 66.7 Å². The van der Waals surface area contributed by atoms with Crippen molar-refractivity contribution in [3.63, 3.8) is 0 Å². The lowest BCUT2D eigenvalue weighted by Crippen LogP contribution is -2.49. The van der Waals surface area contributed by atoms with Gasteiger partial charge in [0.15, 0.2) is 0 Å². The summed E-state index contributed by atoms with van der Waals surface area (Å²) in [6, 6.07) is 0. The molecule has 9 fully saturated rings. The van der Waals surface area contributed by atoms with Crippen LogP contribution in [-0.4, -0.2) is 81.0 Å². The standard InChI is InChI=1S/C20H36O2.C17H30O2.C15H28O2.2C14H26O2.C13H24O2.C12H22O2.7C2H6/c1-5-19(2,3)18(21)22-20(4,16-12-8-6-9-13-16)17-14-10-7-11-15-17;1-8-14(2,3)13(18)19-17(7)11-12-9-10-16(17,6)15(12,4)5;1-6-14(2,3)13(16)17-15(4,5)12-10-8-7-9-11-12;1-6-13(2,3)12(15)16-14(4,5)11-9-7-8-10-11;1-5-13(2,3)12(15)16-14(4)10-8-6-7-9-11-14;1-5-12(2,3)11(14)15-13(4)9-7-6-8-10-13;1-5-11(2,3)10(13)14-12(4)8-6-7-9-12;7*1-2/h16-17H,5-15H2,1-4H3;12H,8-11H2,1-7H3;12H,6-11H2,1-5H3;11H,6-10H2,1-5H3;5-11H2,1-4H3;5-10H2,1-4H3;5-9H2,1-4H3;7*1-2H3. The van der Waals surface area contributed by atoms with Crippen molar-refractivity contribution in [1.29, 1.82) is 0 Å². The zero-order valence-corrected chi connectivity index (χ0v) is 98.2. The minimum Gasteiger partial charge on any atom is -0.459 e. The maximum atomic E-state index is 12.8. The van der Waals surface area contributed by atoms with Gasteiger partial charge in [-0.1, -0.05) is 256 Å². The van der Waals surface area contributed by atoms with Crippen molar-refractivity contribution in [2.45, 2.75) is 647 Å². The number of rotatable bonds is 25. The van der Waals surface area contributed by atoms with Crippen molar-refractivity contribution in [1.82, 2.24) is 0 Å². The van der Waals surface area contributed by atoms with Crippen LogP contribution in [0.1, 0.15) is 608 Å². The Hall–Kier alpha value is -3.71. The first-order valence-corrected chi connectivity index (χ1v) is 56.3. The number of ether oxygens (including phenoxy) is 7. The molecule has 0 amide bonds. The molecule has 9 aliphatic rings. The normalized spacial score (nSPS) is 21.7. The Kier molecular flexibility index (Phi) is 67.0. The van der Waals surface area contributed by atoms with Crippen molar-refractivity contribution >= 4 is 41.8 Å². The Morgan fingerprint density at radius 1 is 0.233 bits per heavy atom. The molecule has 794 valence electrons. The molecule has 9 saturated carbocycles. The van der Waals surface area contributed by atoms with Crippen LogP contribution in [0.5, 0.6) is 0 Å². The highest BCUT2D eigenvalue weighted by Crippen LogP contribution is 2.71. The summed E-state index contributed by atoms with van der Waals surface area (Å²) >= 11 is 0. The van der Waals surface area contributed by atoms with Crippen molar-refractivity contribution in [3.8, 4) is 0 Å². The van der Waals surface area contributed by atoms with E-state index >= 15 is 0 Å². The molecule has 0 aliphatic heterocycles. The Morgan fingerprint density at radius 2 is 0.421 bits per heavy atom. The van der Waals surface area contributed by atoms with Gasteiger partial charge < -0.3 is 33.2 Å². The molecule has 0 saturated heterocycles. The van der Waals surface area contributed by atoms with Gasteiger partial charge in [-0.15, -0.1) is 0 Å². The molecule has 133 heavy (non-hydrogen) atoms. The lowest BCUT2D eigenvalue weighted by atomic mass is 9.65. The predicted molar refractivity (Wildman–Crippen MR) is 571 cm³/mol. The third kappa shape index (κ3) is 44.6. The van der Waals surface area contributed by atoms with E-state index in [1.165, 1.54) is 193 Å². The second-order valence-electron chi connectivity index (χ2n) is 46.5. The minimum atomic E-state index is -0.370. The van der Waals surface area contributed by atoms with E-state index < -0.39 is 0 Å². The summed E-state index contributed by atoms with van der Waals surface area (Å²) in [7, 11) is 0. The second-order valence-corrected chi connectivity index (χ2v) is 46.5. The zero-order chi connectivity index (χ0) is 105. The summed E-state index contributed by atoms with van der Waals surface area (Å²) in [5.41, 5.74) is -3.73. The van der Waals surface area contributed by atoms with Crippen molar-refractivity contribution in [3.05, 3.63) is 0 Å². The summed E-state index contributed by atoms with van der Waals surface area (Å²) in [4.78, 5) is 85.3. The van der Waals surface area contributed by atoms with Gasteiger partial charge in [-0.05, 0) is 387 Å². The number of hydrogen-bond donors (Lipinski definition) is 0. The molecule has 14 nitrogen and oxygen atoms in total. The smallest absolute Gasteiger partial charge is 0.312 e. The molecule has 14 heteroatoms. The molecule has 9 rings (SSSR count). The molecule has 0 radical (unpaired) electrons. The number of hydrogen-bond acceptors (Lipinski definition) is 14. The molecule has 0 aromatic rings. The van der Waals surface area contributed by atoms with Gasteiger partial charge in [0.05, 0.1) is 37.9 Å². The molecule has 3 unspecified atom stereocenters. The van der Waals surface area contributed by atoms with Crippen LogP contribution in [0, 0.1) is 78.3 Å². The van der Waals surface area contributed by atoms with Crippen LogP contribution in [0.3, 0.4) is 0 Å². The Balaban J connectivity index is -0.000000470. The molecular weight excluding hydrogens is 1650 g/mol. The van der Waals surface area contributed by atoms with E-state index in [2.05, 4.69) is 96.9 Å². The quantitative estimate of drug-likeness (QED) is 0.0478. The van der Waals surface area contributed by atoms with Crippen LogP contribution in [0.25, 0.3) is 0 Å². The monoisotopic (exact) mass is 1890 g/mol. The highest BCUT2D eigenvalue weighted by atomic mass is 16.6. The van der Waals surface area contributed by atoms with Gasteiger partial charge in [0.25, 0.3) is 0 Å². The molecule has 0 N–H and O–H groups in total. The fraction of sp³-hybridized carbons (Fsp3) is 0.941. The van der Waals surface area contributed by atoms with Gasteiger partial charge in [0.2, 0.25) is 0 Å². The van der Waals surface area contributed by atoms with Gasteiger partial charge >= 0.3 is 41.8 Å². The Morgan fingerprint density at radius 3 is 0.639 bits per heavy atom. The van der Waals surface area contributed by atoms with E-state index in [1.54, 1.807) is 0 Å². The zero-order valence-electron chi connectivity index (χ0n) is 98.2. The maximum absolute atomic E-state index is 12.8.